The number of aromatic nitrogens is 1. The molecule has 0 saturated carbocycles. The molecule has 1 amide bonds. The maximum atomic E-state index is 12.5. The monoisotopic (exact) mass is 304 g/mol. The fraction of sp³-hybridized carbons (Fsp3) is 0.286. The SMILES string of the molecule is CC1=C(N)C(=O)c2c(COC(N)=O)c3n(c2=C1O)C[C@H](N)C=3. The van der Waals surface area contributed by atoms with Crippen LogP contribution in [-0.2, 0) is 17.9 Å². The van der Waals surface area contributed by atoms with Crippen molar-refractivity contribution in [2.24, 2.45) is 17.2 Å². The molecule has 0 unspecified atom stereocenters. The number of fused-ring (bicyclic) bond motifs is 3. The molecule has 2 heterocycles. The van der Waals surface area contributed by atoms with Gasteiger partial charge in [-0.2, -0.15) is 0 Å². The van der Waals surface area contributed by atoms with Gasteiger partial charge in [0.1, 0.15) is 12.4 Å². The summed E-state index contributed by atoms with van der Waals surface area (Å²) >= 11 is 0. The molecule has 1 aromatic rings. The lowest BCUT2D eigenvalue weighted by Gasteiger charge is -2.14. The average Bonchev–Trinajstić information content (AvgIpc) is 2.95. The molecule has 7 N–H and O–H groups in total. The molecule has 0 saturated heterocycles. The smallest absolute Gasteiger partial charge is 0.404 e. The molecule has 0 radical (unpaired) electrons. The molecule has 0 bridgehead atoms. The van der Waals surface area contributed by atoms with Crippen molar-refractivity contribution in [2.75, 3.05) is 0 Å². The predicted octanol–water partition coefficient (Wildman–Crippen LogP) is -1.70. The Morgan fingerprint density at radius 1 is 1.55 bits per heavy atom. The van der Waals surface area contributed by atoms with Crippen molar-refractivity contribution in [3.63, 3.8) is 0 Å². The Morgan fingerprint density at radius 3 is 2.86 bits per heavy atom. The van der Waals surface area contributed by atoms with Crippen LogP contribution in [0.5, 0.6) is 0 Å². The van der Waals surface area contributed by atoms with Gasteiger partial charge in [-0.3, -0.25) is 4.79 Å². The maximum Gasteiger partial charge on any atom is 0.404 e. The van der Waals surface area contributed by atoms with E-state index in [4.69, 9.17) is 21.9 Å². The minimum Gasteiger partial charge on any atom is -0.505 e. The van der Waals surface area contributed by atoms with Crippen molar-refractivity contribution in [3.8, 4) is 0 Å². The summed E-state index contributed by atoms with van der Waals surface area (Å²) < 4.78 is 6.56. The van der Waals surface area contributed by atoms with E-state index in [0.717, 1.165) is 0 Å². The second kappa shape index (κ2) is 4.63. The minimum atomic E-state index is -0.952. The van der Waals surface area contributed by atoms with Crippen LogP contribution < -0.4 is 27.9 Å². The Labute approximate surface area is 125 Å². The first-order chi connectivity index (χ1) is 10.3. The minimum absolute atomic E-state index is 0.0288. The van der Waals surface area contributed by atoms with Crippen LogP contribution in [-0.4, -0.2) is 27.6 Å². The summed E-state index contributed by atoms with van der Waals surface area (Å²) in [6, 6.07) is -0.251. The molecular weight excluding hydrogens is 288 g/mol. The molecule has 1 aliphatic heterocycles. The van der Waals surface area contributed by atoms with Gasteiger partial charge in [-0.1, -0.05) is 0 Å². The Bertz CT molecular complexity index is 862. The van der Waals surface area contributed by atoms with E-state index in [0.29, 0.717) is 28.4 Å². The van der Waals surface area contributed by atoms with Gasteiger partial charge in [-0.15, -0.1) is 0 Å². The number of nitrogens with two attached hydrogens (primary N) is 3. The molecule has 0 fully saturated rings. The van der Waals surface area contributed by atoms with E-state index in [1.165, 1.54) is 0 Å². The van der Waals surface area contributed by atoms with Gasteiger partial charge in [-0.25, -0.2) is 4.79 Å². The number of amides is 1. The standard InChI is InChI=1S/C14H16N4O4/c1-5-10(16)13(20)9-7(4-22-14(17)21)8-2-6(15)3-18(8)11(9)12(5)19/h2,6,19H,3-4,15-16H2,1H3,(H2,17,21)/t6-/m1/s1. The zero-order valence-corrected chi connectivity index (χ0v) is 11.9. The largest absolute Gasteiger partial charge is 0.505 e. The van der Waals surface area contributed by atoms with Gasteiger partial charge in [0.2, 0.25) is 5.78 Å². The first kappa shape index (κ1) is 14.2. The van der Waals surface area contributed by atoms with E-state index < -0.39 is 11.9 Å². The Morgan fingerprint density at radius 2 is 2.23 bits per heavy atom. The van der Waals surface area contributed by atoms with E-state index in [1.54, 1.807) is 17.6 Å². The summed E-state index contributed by atoms with van der Waals surface area (Å²) in [5, 5.41) is 11.4. The highest BCUT2D eigenvalue weighted by Gasteiger charge is 2.32. The Kier molecular flexibility index (Phi) is 2.99. The number of aliphatic hydroxyl groups is 1. The Hall–Kier alpha value is -2.74. The molecular formula is C14H16N4O4. The highest BCUT2D eigenvalue weighted by atomic mass is 16.5. The average molecular weight is 304 g/mol. The summed E-state index contributed by atoms with van der Waals surface area (Å²) in [6.45, 7) is 1.80. The lowest BCUT2D eigenvalue weighted by Crippen LogP contribution is -2.35. The van der Waals surface area contributed by atoms with Crippen molar-refractivity contribution in [1.82, 2.24) is 4.57 Å². The van der Waals surface area contributed by atoms with Crippen LogP contribution in [0.15, 0.2) is 11.3 Å². The van der Waals surface area contributed by atoms with Gasteiger partial charge in [0.15, 0.2) is 0 Å². The maximum absolute atomic E-state index is 12.5. The number of rotatable bonds is 2. The van der Waals surface area contributed by atoms with Gasteiger partial charge in [-0.05, 0) is 13.0 Å². The van der Waals surface area contributed by atoms with Crippen LogP contribution >= 0.6 is 0 Å². The van der Waals surface area contributed by atoms with E-state index in [1.807, 2.05) is 0 Å². The van der Waals surface area contributed by atoms with Crippen LogP contribution in [0, 0.1) is 0 Å². The number of aliphatic hydroxyl groups excluding tert-OH is 1. The number of ketones is 1. The predicted molar refractivity (Wildman–Crippen MR) is 77.7 cm³/mol. The number of carbonyl (C=O) groups is 2. The summed E-state index contributed by atoms with van der Waals surface area (Å²) in [6.07, 6.45) is 0.802. The summed E-state index contributed by atoms with van der Waals surface area (Å²) in [7, 11) is 0. The van der Waals surface area contributed by atoms with Gasteiger partial charge >= 0.3 is 6.09 Å². The lowest BCUT2D eigenvalue weighted by molar-refractivity contribution is 0.102. The number of Topliss-reactive ketones (excluding diaryl/α,β-unsaturated/α-hetero) is 1. The normalized spacial score (nSPS) is 19.8. The number of nitrogens with zero attached hydrogens (tertiary/aromatic N) is 1. The first-order valence-corrected chi connectivity index (χ1v) is 6.68. The lowest BCUT2D eigenvalue weighted by atomic mass is 9.96. The van der Waals surface area contributed by atoms with Crippen molar-refractivity contribution in [1.29, 1.82) is 0 Å². The van der Waals surface area contributed by atoms with Crippen molar-refractivity contribution < 1.29 is 19.4 Å². The van der Waals surface area contributed by atoms with Crippen molar-refractivity contribution in [3.05, 3.63) is 33.1 Å². The fourth-order valence-electron chi connectivity index (χ4n) is 2.93. The fourth-order valence-corrected chi connectivity index (χ4v) is 2.93. The third-order valence-corrected chi connectivity index (χ3v) is 3.99. The molecule has 1 aliphatic carbocycles. The quantitative estimate of drug-likeness (QED) is 0.512. The molecule has 8 heteroatoms. The number of carbonyl (C=O) groups excluding carboxylic acids is 2. The zero-order chi connectivity index (χ0) is 16.2. The number of ether oxygens (including phenoxy) is 1. The number of allylic oxidation sites excluding steroid dienone is 1. The van der Waals surface area contributed by atoms with Crippen LogP contribution in [0.25, 0.3) is 11.8 Å². The summed E-state index contributed by atoms with van der Waals surface area (Å²) in [5.41, 5.74) is 17.7. The summed E-state index contributed by atoms with van der Waals surface area (Å²) in [5.74, 6) is -0.474. The van der Waals surface area contributed by atoms with Gasteiger partial charge in [0, 0.05) is 29.1 Å². The first-order valence-electron chi connectivity index (χ1n) is 6.68. The van der Waals surface area contributed by atoms with Crippen LogP contribution in [0.3, 0.4) is 0 Å². The molecule has 0 aromatic carbocycles. The third kappa shape index (κ3) is 1.81. The molecule has 0 spiro atoms. The molecule has 8 nitrogen and oxygen atoms in total. The number of primary amides is 1. The van der Waals surface area contributed by atoms with Gasteiger partial charge in [0.05, 0.1) is 16.6 Å². The van der Waals surface area contributed by atoms with Crippen LogP contribution in [0.4, 0.5) is 4.79 Å². The highest BCUT2D eigenvalue weighted by molar-refractivity contribution is 6.12. The summed E-state index contributed by atoms with van der Waals surface area (Å²) in [4.78, 5) is 23.4. The number of hydrogen-bond acceptors (Lipinski definition) is 6. The van der Waals surface area contributed by atoms with Gasteiger partial charge < -0.3 is 31.6 Å². The molecule has 3 rings (SSSR count). The van der Waals surface area contributed by atoms with Gasteiger partial charge in [0.25, 0.3) is 0 Å². The molecule has 116 valence electrons. The van der Waals surface area contributed by atoms with Crippen molar-refractivity contribution >= 4 is 23.7 Å². The highest BCUT2D eigenvalue weighted by Crippen LogP contribution is 2.20. The molecule has 1 aromatic heterocycles. The topological polar surface area (TPSA) is 147 Å². The molecule has 1 atom stereocenters. The van der Waals surface area contributed by atoms with E-state index >= 15 is 0 Å². The molecule has 2 aliphatic rings. The van der Waals surface area contributed by atoms with Crippen LogP contribution in [0.1, 0.15) is 22.8 Å². The second-order valence-electron chi connectivity index (χ2n) is 5.35. The van der Waals surface area contributed by atoms with E-state index in [9.17, 15) is 14.7 Å². The molecule has 22 heavy (non-hydrogen) atoms. The van der Waals surface area contributed by atoms with Crippen molar-refractivity contribution in [2.45, 2.75) is 26.1 Å². The zero-order valence-electron chi connectivity index (χ0n) is 11.9. The van der Waals surface area contributed by atoms with E-state index in [-0.39, 0.29) is 29.7 Å². The second-order valence-corrected chi connectivity index (χ2v) is 5.35. The Balaban J connectivity index is 2.34. The third-order valence-electron chi connectivity index (χ3n) is 3.99. The van der Waals surface area contributed by atoms with Crippen LogP contribution in [0.2, 0.25) is 0 Å². The van der Waals surface area contributed by atoms with E-state index in [2.05, 4.69) is 0 Å². The number of hydrogen-bond donors (Lipinski definition) is 4.